The number of carbonyl (C=O) groups is 1. The lowest BCUT2D eigenvalue weighted by molar-refractivity contribution is -0.141. The minimum absolute atomic E-state index is 0.274. The Kier molecular flexibility index (Phi) is 3.42. The molecule has 2 rings (SSSR count). The molecule has 0 atom stereocenters. The van der Waals surface area contributed by atoms with Crippen molar-refractivity contribution in [2.24, 2.45) is 0 Å². The number of hydrogen-bond donors (Lipinski definition) is 1. The first-order chi connectivity index (χ1) is 8.10. The van der Waals surface area contributed by atoms with Crippen LogP contribution in [0.25, 0.3) is 0 Å². The second kappa shape index (κ2) is 4.83. The Morgan fingerprint density at radius 3 is 2.94 bits per heavy atom. The molecule has 0 spiro atoms. The molecule has 1 heterocycles. The average Bonchev–Trinajstić information content (AvgIpc) is 2.87. The van der Waals surface area contributed by atoms with Crippen LogP contribution in [-0.4, -0.2) is 32.7 Å². The van der Waals surface area contributed by atoms with Crippen molar-refractivity contribution in [1.82, 2.24) is 15.0 Å². The molecule has 0 aromatic carbocycles. The molecule has 94 valence electrons. The van der Waals surface area contributed by atoms with Gasteiger partial charge in [-0.3, -0.25) is 4.79 Å². The zero-order chi connectivity index (χ0) is 12.3. The van der Waals surface area contributed by atoms with Crippen LogP contribution < -0.4 is 0 Å². The molecule has 1 aliphatic rings. The van der Waals surface area contributed by atoms with Crippen LogP contribution in [0.15, 0.2) is 6.20 Å². The fourth-order valence-corrected chi connectivity index (χ4v) is 2.12. The molecule has 1 aliphatic carbocycles. The highest BCUT2D eigenvalue weighted by molar-refractivity contribution is 5.65. The van der Waals surface area contributed by atoms with Crippen LogP contribution in [0, 0.1) is 0 Å². The molecule has 6 nitrogen and oxygen atoms in total. The molecule has 1 N–H and O–H groups in total. The summed E-state index contributed by atoms with van der Waals surface area (Å²) in [6.07, 6.45) is 5.27. The zero-order valence-corrected chi connectivity index (χ0v) is 9.93. The molecule has 0 aliphatic heterocycles. The van der Waals surface area contributed by atoms with Crippen molar-refractivity contribution in [1.29, 1.82) is 0 Å². The maximum atomic E-state index is 10.6. The lowest BCUT2D eigenvalue weighted by Gasteiger charge is -2.17. The van der Waals surface area contributed by atoms with Gasteiger partial charge in [-0.2, -0.15) is 0 Å². The van der Waals surface area contributed by atoms with E-state index in [4.69, 9.17) is 4.74 Å². The topological polar surface area (TPSA) is 77.2 Å². The number of ether oxygens (including phenoxy) is 1. The maximum absolute atomic E-state index is 10.6. The molecular weight excluding hydrogens is 222 g/mol. The Hall–Kier alpha value is -1.43. The summed E-state index contributed by atoms with van der Waals surface area (Å²) in [5, 5.41) is 18.2. The molecule has 6 heteroatoms. The molecule has 1 saturated carbocycles. The largest absolute Gasteiger partial charge is 0.464 e. The third kappa shape index (κ3) is 2.82. The van der Waals surface area contributed by atoms with Crippen LogP contribution in [0.5, 0.6) is 0 Å². The number of hydrogen-bond acceptors (Lipinski definition) is 5. The van der Waals surface area contributed by atoms with Crippen LogP contribution >= 0.6 is 0 Å². The normalized spacial score (nSPS) is 18.2. The molecule has 17 heavy (non-hydrogen) atoms. The van der Waals surface area contributed by atoms with E-state index in [1.165, 1.54) is 6.92 Å². The highest BCUT2D eigenvalue weighted by atomic mass is 16.5. The van der Waals surface area contributed by atoms with Gasteiger partial charge >= 0.3 is 5.97 Å². The predicted octanol–water partition coefficient (Wildman–Crippen LogP) is 0.603. The second-order valence-corrected chi connectivity index (χ2v) is 4.45. The number of esters is 1. The van der Waals surface area contributed by atoms with E-state index in [-0.39, 0.29) is 12.6 Å². The van der Waals surface area contributed by atoms with E-state index >= 15 is 0 Å². The van der Waals surface area contributed by atoms with Crippen molar-refractivity contribution in [2.75, 3.05) is 6.61 Å². The summed E-state index contributed by atoms with van der Waals surface area (Å²) in [5.41, 5.74) is -0.183. The van der Waals surface area contributed by atoms with Crippen LogP contribution in [0.2, 0.25) is 0 Å². The highest BCUT2D eigenvalue weighted by Gasteiger charge is 2.35. The number of carbonyl (C=O) groups excluding carboxylic acids is 1. The molecule has 0 saturated heterocycles. The molecule has 1 aromatic heterocycles. The smallest absolute Gasteiger partial charge is 0.302 e. The van der Waals surface area contributed by atoms with Crippen molar-refractivity contribution >= 4 is 5.97 Å². The molecule has 0 unspecified atom stereocenters. The molecule has 0 amide bonds. The van der Waals surface area contributed by atoms with E-state index < -0.39 is 5.60 Å². The summed E-state index contributed by atoms with van der Waals surface area (Å²) < 4.78 is 6.41. The van der Waals surface area contributed by atoms with Gasteiger partial charge in [-0.25, -0.2) is 4.68 Å². The van der Waals surface area contributed by atoms with Gasteiger partial charge in [-0.15, -0.1) is 5.10 Å². The second-order valence-electron chi connectivity index (χ2n) is 4.45. The van der Waals surface area contributed by atoms with Crippen LogP contribution in [0.1, 0.15) is 38.3 Å². The first-order valence-electron chi connectivity index (χ1n) is 5.86. The first kappa shape index (κ1) is 12.0. The van der Waals surface area contributed by atoms with Gasteiger partial charge in [0, 0.05) is 6.92 Å². The van der Waals surface area contributed by atoms with E-state index in [0.717, 1.165) is 25.7 Å². The van der Waals surface area contributed by atoms with Gasteiger partial charge < -0.3 is 9.84 Å². The Morgan fingerprint density at radius 2 is 2.29 bits per heavy atom. The van der Waals surface area contributed by atoms with Gasteiger partial charge in [0.2, 0.25) is 0 Å². The average molecular weight is 239 g/mol. The maximum Gasteiger partial charge on any atom is 0.302 e. The Balaban J connectivity index is 1.93. The summed E-state index contributed by atoms with van der Waals surface area (Å²) in [7, 11) is 0. The van der Waals surface area contributed by atoms with Gasteiger partial charge in [0.1, 0.15) is 17.9 Å². The van der Waals surface area contributed by atoms with Crippen LogP contribution in [-0.2, 0) is 21.7 Å². The summed E-state index contributed by atoms with van der Waals surface area (Å²) in [6, 6.07) is 0. The number of rotatable bonds is 4. The molecule has 1 fully saturated rings. The molecule has 1 aromatic rings. The molecule has 0 radical (unpaired) electrons. The van der Waals surface area contributed by atoms with E-state index in [9.17, 15) is 9.90 Å². The lowest BCUT2D eigenvalue weighted by Crippen LogP contribution is -2.21. The zero-order valence-electron chi connectivity index (χ0n) is 9.93. The third-order valence-electron chi connectivity index (χ3n) is 3.07. The van der Waals surface area contributed by atoms with Gasteiger partial charge in [0.05, 0.1) is 12.7 Å². The minimum Gasteiger partial charge on any atom is -0.464 e. The monoisotopic (exact) mass is 239 g/mol. The SMILES string of the molecule is CC(=O)OCCn1cc(C2(O)CCCC2)nn1. The third-order valence-corrected chi connectivity index (χ3v) is 3.07. The van der Waals surface area contributed by atoms with E-state index in [0.29, 0.717) is 12.2 Å². The van der Waals surface area contributed by atoms with Crippen molar-refractivity contribution in [2.45, 2.75) is 44.8 Å². The first-order valence-corrected chi connectivity index (χ1v) is 5.86. The van der Waals surface area contributed by atoms with Crippen LogP contribution in [0.4, 0.5) is 0 Å². The van der Waals surface area contributed by atoms with Crippen molar-refractivity contribution in [3.8, 4) is 0 Å². The summed E-state index contributed by atoms with van der Waals surface area (Å²) in [5.74, 6) is -0.306. The van der Waals surface area contributed by atoms with Gasteiger partial charge in [0.15, 0.2) is 0 Å². The van der Waals surface area contributed by atoms with Gasteiger partial charge in [0.25, 0.3) is 0 Å². The van der Waals surface area contributed by atoms with Crippen LogP contribution in [0.3, 0.4) is 0 Å². The fraction of sp³-hybridized carbons (Fsp3) is 0.727. The quantitative estimate of drug-likeness (QED) is 0.779. The Labute approximate surface area is 99.6 Å². The predicted molar refractivity (Wildman–Crippen MR) is 59.0 cm³/mol. The highest BCUT2D eigenvalue weighted by Crippen LogP contribution is 2.37. The number of aliphatic hydroxyl groups is 1. The minimum atomic E-state index is -0.806. The van der Waals surface area contributed by atoms with Gasteiger partial charge in [-0.1, -0.05) is 18.1 Å². The Bertz CT molecular complexity index is 396. The number of aromatic nitrogens is 3. The van der Waals surface area contributed by atoms with E-state index in [2.05, 4.69) is 10.3 Å². The summed E-state index contributed by atoms with van der Waals surface area (Å²) in [6.45, 7) is 2.10. The van der Waals surface area contributed by atoms with E-state index in [1.54, 1.807) is 10.9 Å². The molecular formula is C11H17N3O3. The lowest BCUT2D eigenvalue weighted by atomic mass is 9.99. The number of nitrogens with zero attached hydrogens (tertiary/aromatic N) is 3. The van der Waals surface area contributed by atoms with Gasteiger partial charge in [-0.05, 0) is 12.8 Å². The van der Waals surface area contributed by atoms with Crippen molar-refractivity contribution in [3.63, 3.8) is 0 Å². The van der Waals surface area contributed by atoms with E-state index in [1.807, 2.05) is 0 Å². The summed E-state index contributed by atoms with van der Waals surface area (Å²) >= 11 is 0. The fourth-order valence-electron chi connectivity index (χ4n) is 2.12. The van der Waals surface area contributed by atoms with Crippen molar-refractivity contribution < 1.29 is 14.6 Å². The van der Waals surface area contributed by atoms with Crippen molar-refractivity contribution in [3.05, 3.63) is 11.9 Å². The summed E-state index contributed by atoms with van der Waals surface area (Å²) in [4.78, 5) is 10.6. The standard InChI is InChI=1S/C11H17N3O3/c1-9(15)17-7-6-14-8-10(12-13-14)11(16)4-2-3-5-11/h8,16H,2-7H2,1H3. The molecule has 0 bridgehead atoms. The Morgan fingerprint density at radius 1 is 1.59 bits per heavy atom.